The van der Waals surface area contributed by atoms with Gasteiger partial charge in [0.15, 0.2) is 5.15 Å². The highest BCUT2D eigenvalue weighted by Crippen LogP contribution is 2.30. The van der Waals surface area contributed by atoms with Crippen LogP contribution in [0.1, 0.15) is 6.92 Å². The van der Waals surface area contributed by atoms with Crippen molar-refractivity contribution >= 4 is 17.3 Å². The second-order valence-electron chi connectivity index (χ2n) is 3.39. The summed E-state index contributed by atoms with van der Waals surface area (Å²) in [6.45, 7) is 2.50. The van der Waals surface area contributed by atoms with Crippen molar-refractivity contribution in [3.8, 4) is 17.4 Å². The van der Waals surface area contributed by atoms with E-state index in [1.54, 1.807) is 12.1 Å². The average Bonchev–Trinajstić information content (AvgIpc) is 2.36. The van der Waals surface area contributed by atoms with Crippen LogP contribution in [-0.4, -0.2) is 16.6 Å². The molecular formula is C12H12ClN3O2. The third kappa shape index (κ3) is 2.81. The molecule has 18 heavy (non-hydrogen) atoms. The number of halogens is 1. The van der Waals surface area contributed by atoms with E-state index in [0.717, 1.165) is 0 Å². The Labute approximate surface area is 110 Å². The molecule has 0 unspecified atom stereocenters. The highest BCUT2D eigenvalue weighted by Gasteiger charge is 2.08. The molecule has 0 atom stereocenters. The largest absolute Gasteiger partial charge is 0.494 e. The number of aromatic nitrogens is 2. The summed E-state index contributed by atoms with van der Waals surface area (Å²) in [5.41, 5.74) is 5.92. The maximum absolute atomic E-state index is 5.78. The summed E-state index contributed by atoms with van der Waals surface area (Å²) in [4.78, 5) is 7.68. The van der Waals surface area contributed by atoms with Crippen LogP contribution in [-0.2, 0) is 0 Å². The molecule has 0 saturated heterocycles. The predicted octanol–water partition coefficient (Wildman–Crippen LogP) is 2.90. The molecule has 0 bridgehead atoms. The van der Waals surface area contributed by atoms with E-state index in [-0.39, 0.29) is 16.7 Å². The van der Waals surface area contributed by atoms with Crippen LogP contribution in [0.4, 0.5) is 5.69 Å². The summed E-state index contributed by atoms with van der Waals surface area (Å²) in [7, 11) is 0. The lowest BCUT2D eigenvalue weighted by molar-refractivity contribution is 0.338. The summed E-state index contributed by atoms with van der Waals surface area (Å²) in [5, 5.41) is 0.168. The van der Waals surface area contributed by atoms with Crippen LogP contribution < -0.4 is 15.2 Å². The second kappa shape index (κ2) is 5.55. The smallest absolute Gasteiger partial charge is 0.247 e. The van der Waals surface area contributed by atoms with Gasteiger partial charge >= 0.3 is 0 Å². The van der Waals surface area contributed by atoms with E-state index in [9.17, 15) is 0 Å². The van der Waals surface area contributed by atoms with Gasteiger partial charge < -0.3 is 15.2 Å². The Hall–Kier alpha value is -2.01. The molecule has 2 aromatic rings. The van der Waals surface area contributed by atoms with Crippen LogP contribution in [0.25, 0.3) is 0 Å². The normalized spacial score (nSPS) is 10.1. The van der Waals surface area contributed by atoms with E-state index in [1.165, 1.54) is 6.33 Å². The molecule has 1 heterocycles. The molecule has 2 rings (SSSR count). The summed E-state index contributed by atoms with van der Waals surface area (Å²) < 4.78 is 10.9. The number of hydrogen-bond acceptors (Lipinski definition) is 5. The first-order valence-electron chi connectivity index (χ1n) is 5.37. The Bertz CT molecular complexity index is 549. The lowest BCUT2D eigenvalue weighted by Crippen LogP contribution is -1.98. The van der Waals surface area contributed by atoms with Gasteiger partial charge in [0.25, 0.3) is 0 Å². The molecule has 6 heteroatoms. The summed E-state index contributed by atoms with van der Waals surface area (Å²) in [6.07, 6.45) is 1.29. The topological polar surface area (TPSA) is 70.3 Å². The Morgan fingerprint density at radius 3 is 2.83 bits per heavy atom. The van der Waals surface area contributed by atoms with Gasteiger partial charge in [-0.15, -0.1) is 0 Å². The average molecular weight is 266 g/mol. The minimum Gasteiger partial charge on any atom is -0.494 e. The number of anilines is 1. The van der Waals surface area contributed by atoms with Gasteiger partial charge in [-0.2, -0.15) is 4.98 Å². The van der Waals surface area contributed by atoms with Gasteiger partial charge in [-0.3, -0.25) is 0 Å². The van der Waals surface area contributed by atoms with Crippen LogP contribution in [0.5, 0.6) is 17.4 Å². The molecular weight excluding hydrogens is 254 g/mol. The van der Waals surface area contributed by atoms with Crippen molar-refractivity contribution in [2.24, 2.45) is 0 Å². The number of nitrogen functional groups attached to an aromatic ring is 1. The van der Waals surface area contributed by atoms with Crippen molar-refractivity contribution in [3.63, 3.8) is 0 Å². The van der Waals surface area contributed by atoms with E-state index in [1.807, 2.05) is 19.1 Å². The summed E-state index contributed by atoms with van der Waals surface area (Å²) in [6, 6.07) is 7.18. The molecule has 0 aliphatic heterocycles. The predicted molar refractivity (Wildman–Crippen MR) is 69.1 cm³/mol. The first-order valence-corrected chi connectivity index (χ1v) is 5.75. The standard InChI is InChI=1S/C12H12ClN3O2/c1-2-17-8-4-3-5-9(6-8)18-12-10(14)11(13)15-7-16-12/h3-7H,2,14H2,1H3. The zero-order valence-corrected chi connectivity index (χ0v) is 10.5. The molecule has 0 spiro atoms. The summed E-state index contributed by atoms with van der Waals surface area (Å²) >= 11 is 5.78. The van der Waals surface area contributed by atoms with E-state index in [0.29, 0.717) is 18.1 Å². The van der Waals surface area contributed by atoms with Gasteiger partial charge in [0.2, 0.25) is 5.88 Å². The Morgan fingerprint density at radius 2 is 2.06 bits per heavy atom. The fourth-order valence-corrected chi connectivity index (χ4v) is 1.47. The van der Waals surface area contributed by atoms with Gasteiger partial charge in [0.1, 0.15) is 23.5 Å². The molecule has 0 saturated carbocycles. The highest BCUT2D eigenvalue weighted by atomic mass is 35.5. The molecule has 0 amide bonds. The lowest BCUT2D eigenvalue weighted by Gasteiger charge is -2.09. The van der Waals surface area contributed by atoms with Gasteiger partial charge in [0.05, 0.1) is 6.61 Å². The molecule has 0 aliphatic rings. The van der Waals surface area contributed by atoms with E-state index < -0.39 is 0 Å². The maximum atomic E-state index is 5.78. The van der Waals surface area contributed by atoms with Crippen molar-refractivity contribution in [1.29, 1.82) is 0 Å². The molecule has 2 N–H and O–H groups in total. The zero-order valence-electron chi connectivity index (χ0n) is 9.76. The van der Waals surface area contributed by atoms with Crippen molar-refractivity contribution in [1.82, 2.24) is 9.97 Å². The number of benzene rings is 1. The van der Waals surface area contributed by atoms with E-state index in [4.69, 9.17) is 26.8 Å². The second-order valence-corrected chi connectivity index (χ2v) is 3.75. The van der Waals surface area contributed by atoms with E-state index >= 15 is 0 Å². The molecule has 94 valence electrons. The van der Waals surface area contributed by atoms with Crippen LogP contribution >= 0.6 is 11.6 Å². The van der Waals surface area contributed by atoms with Crippen LogP contribution in [0.2, 0.25) is 5.15 Å². The van der Waals surface area contributed by atoms with Gasteiger partial charge in [0, 0.05) is 6.07 Å². The Balaban J connectivity index is 2.23. The van der Waals surface area contributed by atoms with Crippen LogP contribution in [0.3, 0.4) is 0 Å². The van der Waals surface area contributed by atoms with Gasteiger partial charge in [-0.1, -0.05) is 17.7 Å². The van der Waals surface area contributed by atoms with Gasteiger partial charge in [-0.05, 0) is 19.1 Å². The van der Waals surface area contributed by atoms with Crippen molar-refractivity contribution in [2.75, 3.05) is 12.3 Å². The van der Waals surface area contributed by atoms with Crippen LogP contribution in [0.15, 0.2) is 30.6 Å². The maximum Gasteiger partial charge on any atom is 0.247 e. The van der Waals surface area contributed by atoms with Gasteiger partial charge in [-0.25, -0.2) is 4.98 Å². The number of hydrogen-bond donors (Lipinski definition) is 1. The lowest BCUT2D eigenvalue weighted by atomic mass is 10.3. The number of ether oxygens (including phenoxy) is 2. The Kier molecular flexibility index (Phi) is 3.84. The minimum atomic E-state index is 0.168. The Morgan fingerprint density at radius 1 is 1.28 bits per heavy atom. The highest BCUT2D eigenvalue weighted by molar-refractivity contribution is 6.32. The van der Waals surface area contributed by atoms with Crippen molar-refractivity contribution in [2.45, 2.75) is 6.92 Å². The fourth-order valence-electron chi connectivity index (χ4n) is 1.35. The molecule has 5 nitrogen and oxygen atoms in total. The number of rotatable bonds is 4. The van der Waals surface area contributed by atoms with Crippen molar-refractivity contribution < 1.29 is 9.47 Å². The number of nitrogens with zero attached hydrogens (tertiary/aromatic N) is 2. The van der Waals surface area contributed by atoms with Crippen LogP contribution in [0, 0.1) is 0 Å². The monoisotopic (exact) mass is 265 g/mol. The van der Waals surface area contributed by atoms with Crippen molar-refractivity contribution in [3.05, 3.63) is 35.7 Å². The molecule has 1 aromatic carbocycles. The molecule has 0 radical (unpaired) electrons. The third-order valence-electron chi connectivity index (χ3n) is 2.13. The zero-order chi connectivity index (χ0) is 13.0. The SMILES string of the molecule is CCOc1cccc(Oc2ncnc(Cl)c2N)c1. The fraction of sp³-hybridized carbons (Fsp3) is 0.167. The number of nitrogens with two attached hydrogens (primary N) is 1. The summed E-state index contributed by atoms with van der Waals surface area (Å²) in [5.74, 6) is 1.51. The molecule has 0 aliphatic carbocycles. The van der Waals surface area contributed by atoms with E-state index in [2.05, 4.69) is 9.97 Å². The molecule has 1 aromatic heterocycles. The quantitative estimate of drug-likeness (QED) is 0.861. The first kappa shape index (κ1) is 12.4. The third-order valence-corrected chi connectivity index (χ3v) is 2.43. The first-order chi connectivity index (χ1) is 8.70. The molecule has 0 fully saturated rings. The minimum absolute atomic E-state index is 0.168.